The zero-order chi connectivity index (χ0) is 19.5. The second kappa shape index (κ2) is 12.3. The molecule has 5 heteroatoms. The average molecular weight is 479 g/mol. The van der Waals surface area contributed by atoms with Gasteiger partial charge in [0.25, 0.3) is 0 Å². The summed E-state index contributed by atoms with van der Waals surface area (Å²) in [5.41, 5.74) is 0. The maximum absolute atomic E-state index is 5.10. The van der Waals surface area contributed by atoms with Crippen molar-refractivity contribution in [2.45, 2.75) is 82.0 Å². The number of likely N-dealkylation sites (N-methyl/N-ethyl adjacent to an activating group) is 1. The summed E-state index contributed by atoms with van der Waals surface area (Å²) >= 11 is -0.766. The molecule has 152 valence electrons. The fourth-order valence-electron chi connectivity index (χ4n) is 3.96. The Hall–Kier alpha value is -0.361. The fourth-order valence-corrected chi connectivity index (χ4v) is 8.99. The SMILES string of the molecule is CCCC[C](CCCC)(CCCC)[Sn][c]1ccnc(N2CCN(C)CC2)n1. The Bertz CT molecular complexity index is 507. The average Bonchev–Trinajstić information content (AvgIpc) is 2.70. The Labute approximate surface area is 177 Å². The number of aromatic nitrogens is 2. The number of anilines is 1. The number of piperazine rings is 1. The molecule has 0 amide bonds. The standard InChI is InChI=1S/C13H27.C9H13N4.Sn/c1-4-7-10-13(11-8-5-2)12-9-6-3;1-12-5-7-13(8-6-12)9-10-3-2-4-11-9;/h4-12H2,1-3H3;2-3H,5-8H2,1H3;. The summed E-state index contributed by atoms with van der Waals surface area (Å²) in [5, 5.41) is 0. The zero-order valence-corrected chi connectivity index (χ0v) is 21.0. The van der Waals surface area contributed by atoms with Crippen LogP contribution in [0.1, 0.15) is 78.6 Å². The van der Waals surface area contributed by atoms with Crippen LogP contribution in [0, 0.1) is 0 Å². The van der Waals surface area contributed by atoms with Crippen LogP contribution in [0.25, 0.3) is 0 Å². The molecule has 0 unspecified atom stereocenters. The molecule has 0 spiro atoms. The van der Waals surface area contributed by atoms with Crippen molar-refractivity contribution in [3.05, 3.63) is 12.3 Å². The molecule has 0 N–H and O–H groups in total. The van der Waals surface area contributed by atoms with Crippen molar-refractivity contribution >= 4 is 30.8 Å². The summed E-state index contributed by atoms with van der Waals surface area (Å²) in [7, 11) is 2.20. The number of unbranched alkanes of at least 4 members (excludes halogenated alkanes) is 3. The van der Waals surface area contributed by atoms with Crippen LogP contribution in [-0.4, -0.2) is 69.2 Å². The minimum absolute atomic E-state index is 0.596. The zero-order valence-electron chi connectivity index (χ0n) is 18.1. The Morgan fingerprint density at radius 3 is 2.00 bits per heavy atom. The molecule has 1 aromatic heterocycles. The predicted molar refractivity (Wildman–Crippen MR) is 118 cm³/mol. The van der Waals surface area contributed by atoms with Crippen LogP contribution in [0.4, 0.5) is 5.95 Å². The van der Waals surface area contributed by atoms with Crippen molar-refractivity contribution in [3.63, 3.8) is 0 Å². The van der Waals surface area contributed by atoms with Crippen molar-refractivity contribution < 1.29 is 0 Å². The molecule has 2 heterocycles. The van der Waals surface area contributed by atoms with Crippen molar-refractivity contribution in [1.82, 2.24) is 14.9 Å². The topological polar surface area (TPSA) is 32.3 Å². The molecule has 0 aromatic carbocycles. The Balaban J connectivity index is 2.15. The van der Waals surface area contributed by atoms with Gasteiger partial charge in [-0.15, -0.1) is 0 Å². The van der Waals surface area contributed by atoms with Gasteiger partial charge in [-0.1, -0.05) is 0 Å². The first kappa shape index (κ1) is 22.9. The van der Waals surface area contributed by atoms with Gasteiger partial charge < -0.3 is 0 Å². The maximum atomic E-state index is 5.10. The molecule has 4 nitrogen and oxygen atoms in total. The molecule has 1 aliphatic heterocycles. The molecule has 1 aromatic rings. The van der Waals surface area contributed by atoms with E-state index in [1.54, 1.807) is 0 Å². The first-order valence-electron chi connectivity index (χ1n) is 11.2. The quantitative estimate of drug-likeness (QED) is 0.419. The van der Waals surface area contributed by atoms with E-state index in [2.05, 4.69) is 48.7 Å². The van der Waals surface area contributed by atoms with Gasteiger partial charge in [0.2, 0.25) is 0 Å². The molecule has 27 heavy (non-hydrogen) atoms. The molecular weight excluding hydrogens is 439 g/mol. The van der Waals surface area contributed by atoms with Crippen molar-refractivity contribution in [2.75, 3.05) is 38.1 Å². The minimum atomic E-state index is -0.766. The molecular formula is C22H40N4Sn. The number of rotatable bonds is 12. The van der Waals surface area contributed by atoms with E-state index in [0.29, 0.717) is 3.43 Å². The molecule has 0 bridgehead atoms. The Kier molecular flexibility index (Phi) is 10.4. The molecule has 2 radical (unpaired) electrons. The number of nitrogens with zero attached hydrogens (tertiary/aromatic N) is 4. The van der Waals surface area contributed by atoms with Crippen LogP contribution < -0.4 is 8.61 Å². The molecule has 2 rings (SSSR count). The first-order valence-corrected chi connectivity index (χ1v) is 14.0. The van der Waals surface area contributed by atoms with E-state index in [9.17, 15) is 0 Å². The van der Waals surface area contributed by atoms with Crippen LogP contribution in [0.15, 0.2) is 12.3 Å². The van der Waals surface area contributed by atoms with E-state index >= 15 is 0 Å². The summed E-state index contributed by atoms with van der Waals surface area (Å²) in [5.74, 6) is 0.983. The van der Waals surface area contributed by atoms with Gasteiger partial charge in [0, 0.05) is 0 Å². The van der Waals surface area contributed by atoms with E-state index in [-0.39, 0.29) is 0 Å². The van der Waals surface area contributed by atoms with Crippen LogP contribution in [0.2, 0.25) is 3.43 Å². The van der Waals surface area contributed by atoms with Gasteiger partial charge in [-0.2, -0.15) is 0 Å². The van der Waals surface area contributed by atoms with Gasteiger partial charge in [-0.25, -0.2) is 0 Å². The molecule has 1 saturated heterocycles. The molecule has 0 saturated carbocycles. The Morgan fingerprint density at radius 1 is 0.926 bits per heavy atom. The van der Waals surface area contributed by atoms with E-state index in [0.717, 1.165) is 32.1 Å². The van der Waals surface area contributed by atoms with E-state index < -0.39 is 21.1 Å². The summed E-state index contributed by atoms with van der Waals surface area (Å²) in [6, 6.07) is 2.24. The molecule has 1 aliphatic rings. The van der Waals surface area contributed by atoms with E-state index in [1.807, 2.05) is 6.20 Å². The predicted octanol–water partition coefficient (Wildman–Crippen LogP) is 4.29. The van der Waals surface area contributed by atoms with Gasteiger partial charge in [-0.05, 0) is 0 Å². The van der Waals surface area contributed by atoms with E-state index in [4.69, 9.17) is 4.98 Å². The molecule has 0 atom stereocenters. The first-order chi connectivity index (χ1) is 13.1. The third kappa shape index (κ3) is 7.52. The summed E-state index contributed by atoms with van der Waals surface area (Å²) < 4.78 is 2.02. The fraction of sp³-hybridized carbons (Fsp3) is 0.818. The van der Waals surface area contributed by atoms with Gasteiger partial charge in [0.1, 0.15) is 0 Å². The van der Waals surface area contributed by atoms with Crippen LogP contribution in [0.5, 0.6) is 0 Å². The van der Waals surface area contributed by atoms with Gasteiger partial charge in [0.15, 0.2) is 0 Å². The second-order valence-electron chi connectivity index (χ2n) is 8.25. The van der Waals surface area contributed by atoms with Gasteiger partial charge >= 0.3 is 178 Å². The van der Waals surface area contributed by atoms with Crippen molar-refractivity contribution in [1.29, 1.82) is 0 Å². The third-order valence-electron chi connectivity index (χ3n) is 5.85. The number of hydrogen-bond donors (Lipinski definition) is 0. The van der Waals surface area contributed by atoms with E-state index in [1.165, 1.54) is 61.5 Å². The summed E-state index contributed by atoms with van der Waals surface area (Å²) in [6.07, 6.45) is 14.4. The van der Waals surface area contributed by atoms with Gasteiger partial charge in [-0.3, -0.25) is 0 Å². The third-order valence-corrected chi connectivity index (χ3v) is 11.0. The van der Waals surface area contributed by atoms with Crippen molar-refractivity contribution in [2.24, 2.45) is 0 Å². The van der Waals surface area contributed by atoms with Crippen LogP contribution in [-0.2, 0) is 0 Å². The normalized spacial score (nSPS) is 16.1. The summed E-state index contributed by atoms with van der Waals surface area (Å²) in [4.78, 5) is 14.5. The van der Waals surface area contributed by atoms with Crippen LogP contribution >= 0.6 is 0 Å². The monoisotopic (exact) mass is 480 g/mol. The molecule has 1 fully saturated rings. The summed E-state index contributed by atoms with van der Waals surface area (Å²) in [6.45, 7) is 11.3. The Morgan fingerprint density at radius 2 is 1.48 bits per heavy atom. The van der Waals surface area contributed by atoms with Crippen molar-refractivity contribution in [3.8, 4) is 0 Å². The second-order valence-corrected chi connectivity index (χ2v) is 13.5. The number of hydrogen-bond acceptors (Lipinski definition) is 4. The van der Waals surface area contributed by atoms with Crippen LogP contribution in [0.3, 0.4) is 0 Å². The molecule has 0 aliphatic carbocycles. The van der Waals surface area contributed by atoms with Gasteiger partial charge in [0.05, 0.1) is 0 Å².